The van der Waals surface area contributed by atoms with Crippen LogP contribution in [0.4, 0.5) is 11.5 Å². The summed E-state index contributed by atoms with van der Waals surface area (Å²) in [7, 11) is 1.42. The van der Waals surface area contributed by atoms with Crippen LogP contribution in [0, 0.1) is 0 Å². The third-order valence-corrected chi connectivity index (χ3v) is 4.75. The highest BCUT2D eigenvalue weighted by atomic mass is 16.5. The second kappa shape index (κ2) is 10.4. The average Bonchev–Trinajstić information content (AvgIpc) is 2.70. The van der Waals surface area contributed by atoms with E-state index in [2.05, 4.69) is 0 Å². The Morgan fingerprint density at radius 3 is 2.47 bits per heavy atom. The van der Waals surface area contributed by atoms with Crippen LogP contribution in [0.3, 0.4) is 0 Å². The van der Waals surface area contributed by atoms with Crippen molar-refractivity contribution in [3.05, 3.63) is 56.7 Å². The smallest absolute Gasteiger partial charge is 0.332 e. The lowest BCUT2D eigenvalue weighted by atomic mass is 10.1. The Labute approximate surface area is 174 Å². The van der Waals surface area contributed by atoms with E-state index in [-0.39, 0.29) is 36.7 Å². The Bertz CT molecular complexity index is 997. The number of rotatable bonds is 10. The molecule has 2 N–H and O–H groups in total. The molecule has 0 aliphatic rings. The van der Waals surface area contributed by atoms with E-state index in [0.29, 0.717) is 25.7 Å². The van der Waals surface area contributed by atoms with E-state index in [9.17, 15) is 19.2 Å². The number of nitrogen functional groups attached to an aromatic ring is 1. The summed E-state index contributed by atoms with van der Waals surface area (Å²) in [5.74, 6) is -0.397. The third-order valence-electron chi connectivity index (χ3n) is 4.75. The van der Waals surface area contributed by atoms with Crippen LogP contribution in [0.25, 0.3) is 0 Å². The van der Waals surface area contributed by atoms with Crippen molar-refractivity contribution in [1.82, 2.24) is 9.13 Å². The summed E-state index contributed by atoms with van der Waals surface area (Å²) >= 11 is 0. The number of unbranched alkanes of at least 4 members (excludes halogenated alkanes) is 1. The molecule has 2 aromatic rings. The number of ether oxygens (including phenoxy) is 1. The number of hydrogen-bond acceptors (Lipinski definition) is 6. The molecule has 0 aliphatic carbocycles. The van der Waals surface area contributed by atoms with Gasteiger partial charge in [0, 0.05) is 20.5 Å². The zero-order chi connectivity index (χ0) is 22.3. The summed E-state index contributed by atoms with van der Waals surface area (Å²) < 4.78 is 7.48. The fraction of sp³-hybridized carbons (Fsp3) is 0.429. The zero-order valence-electron chi connectivity index (χ0n) is 17.5. The normalized spacial score (nSPS) is 11.7. The van der Waals surface area contributed by atoms with Crippen LogP contribution >= 0.6 is 0 Å². The van der Waals surface area contributed by atoms with Gasteiger partial charge in [0.15, 0.2) is 5.69 Å². The summed E-state index contributed by atoms with van der Waals surface area (Å²) in [6.07, 6.45) is 2.04. The van der Waals surface area contributed by atoms with E-state index >= 15 is 0 Å². The summed E-state index contributed by atoms with van der Waals surface area (Å²) in [6.45, 7) is 3.49. The molecule has 0 radical (unpaired) electrons. The quantitative estimate of drug-likeness (QED) is 0.355. The van der Waals surface area contributed by atoms with E-state index in [1.165, 1.54) is 18.5 Å². The van der Waals surface area contributed by atoms with Crippen molar-refractivity contribution in [3.8, 4) is 0 Å². The number of carbonyl (C=O) groups excluding carboxylic acids is 2. The van der Waals surface area contributed by atoms with Crippen LogP contribution in [0.2, 0.25) is 0 Å². The summed E-state index contributed by atoms with van der Waals surface area (Å²) in [5, 5.41) is 0. The number of hydrogen-bond donors (Lipinski definition) is 1. The first kappa shape index (κ1) is 22.9. The molecule has 1 amide bonds. The molecule has 0 bridgehead atoms. The number of amides is 1. The van der Waals surface area contributed by atoms with Crippen molar-refractivity contribution in [1.29, 1.82) is 0 Å². The minimum Gasteiger partial charge on any atom is -0.463 e. The number of anilines is 2. The molecule has 9 nitrogen and oxygen atoms in total. The van der Waals surface area contributed by atoms with Crippen LogP contribution in [0.5, 0.6) is 0 Å². The van der Waals surface area contributed by atoms with Crippen LogP contribution in [-0.2, 0) is 27.4 Å². The Morgan fingerprint density at radius 2 is 1.87 bits per heavy atom. The predicted molar refractivity (Wildman–Crippen MR) is 114 cm³/mol. The van der Waals surface area contributed by atoms with Crippen molar-refractivity contribution >= 4 is 23.9 Å². The molecule has 0 saturated heterocycles. The number of aromatic nitrogens is 2. The maximum atomic E-state index is 13.0. The van der Waals surface area contributed by atoms with Crippen LogP contribution < -0.4 is 21.9 Å². The van der Waals surface area contributed by atoms with Gasteiger partial charge in [0.1, 0.15) is 5.82 Å². The van der Waals surface area contributed by atoms with Gasteiger partial charge in [-0.2, -0.15) is 0 Å². The molecular weight excluding hydrogens is 388 g/mol. The molecule has 1 heterocycles. The summed E-state index contributed by atoms with van der Waals surface area (Å²) in [4.78, 5) is 49.3. The van der Waals surface area contributed by atoms with E-state index < -0.39 is 11.2 Å². The van der Waals surface area contributed by atoms with Gasteiger partial charge in [-0.3, -0.25) is 23.5 Å². The molecule has 0 fully saturated rings. The summed E-state index contributed by atoms with van der Waals surface area (Å²) in [5.41, 5.74) is 5.79. The van der Waals surface area contributed by atoms with Gasteiger partial charge in [0.2, 0.25) is 6.41 Å². The van der Waals surface area contributed by atoms with Gasteiger partial charge >= 0.3 is 11.7 Å². The number of nitrogens with zero attached hydrogens (tertiary/aromatic N) is 3. The lowest BCUT2D eigenvalue weighted by Crippen LogP contribution is -2.44. The van der Waals surface area contributed by atoms with Gasteiger partial charge in [-0.25, -0.2) is 4.79 Å². The topological polar surface area (TPSA) is 117 Å². The largest absolute Gasteiger partial charge is 0.463 e. The van der Waals surface area contributed by atoms with E-state index in [1.807, 2.05) is 30.3 Å². The van der Waals surface area contributed by atoms with Crippen molar-refractivity contribution < 1.29 is 14.3 Å². The number of nitrogens with two attached hydrogens (primary N) is 1. The molecule has 9 heteroatoms. The molecule has 0 aliphatic heterocycles. The minimum atomic E-state index is -0.607. The van der Waals surface area contributed by atoms with Crippen molar-refractivity contribution in [2.75, 3.05) is 17.7 Å². The maximum absolute atomic E-state index is 13.0. The van der Waals surface area contributed by atoms with Gasteiger partial charge < -0.3 is 15.4 Å². The highest BCUT2D eigenvalue weighted by Gasteiger charge is 2.20. The van der Waals surface area contributed by atoms with E-state index in [4.69, 9.17) is 10.5 Å². The maximum Gasteiger partial charge on any atom is 0.332 e. The highest BCUT2D eigenvalue weighted by Crippen LogP contribution is 2.16. The molecular formula is C21H28N4O5. The molecule has 2 rings (SSSR count). The predicted octanol–water partition coefficient (Wildman–Crippen LogP) is 1.36. The Kier molecular flexibility index (Phi) is 7.97. The fourth-order valence-corrected chi connectivity index (χ4v) is 3.25. The minimum absolute atomic E-state index is 0.0335. The molecule has 1 atom stereocenters. The number of carbonyl (C=O) groups is 2. The highest BCUT2D eigenvalue weighted by molar-refractivity contribution is 5.79. The first-order valence-corrected chi connectivity index (χ1v) is 9.78. The SMILES string of the molecule is CC(=O)O[C@H](C)CCCCn1c(=O)c(N(C)C=O)c(N)n(Cc2ccccc2)c1=O. The van der Waals surface area contributed by atoms with Gasteiger partial charge in [-0.1, -0.05) is 30.3 Å². The molecule has 0 spiro atoms. The molecule has 30 heavy (non-hydrogen) atoms. The van der Waals surface area contributed by atoms with Gasteiger partial charge in [-0.15, -0.1) is 0 Å². The monoisotopic (exact) mass is 416 g/mol. The second-order valence-corrected chi connectivity index (χ2v) is 7.18. The molecule has 1 aromatic heterocycles. The Balaban J connectivity index is 2.33. The lowest BCUT2D eigenvalue weighted by Gasteiger charge is -2.20. The first-order valence-electron chi connectivity index (χ1n) is 9.78. The van der Waals surface area contributed by atoms with Crippen molar-refractivity contribution in [2.24, 2.45) is 0 Å². The van der Waals surface area contributed by atoms with Crippen LogP contribution in [0.1, 0.15) is 38.7 Å². The van der Waals surface area contributed by atoms with Crippen molar-refractivity contribution in [2.45, 2.75) is 52.3 Å². The molecule has 0 saturated carbocycles. The van der Waals surface area contributed by atoms with E-state index in [1.54, 1.807) is 6.92 Å². The van der Waals surface area contributed by atoms with Crippen LogP contribution in [0.15, 0.2) is 39.9 Å². The fourth-order valence-electron chi connectivity index (χ4n) is 3.25. The first-order chi connectivity index (χ1) is 14.3. The Hall–Kier alpha value is -3.36. The third kappa shape index (κ3) is 5.59. The summed E-state index contributed by atoms with van der Waals surface area (Å²) in [6, 6.07) is 9.24. The lowest BCUT2D eigenvalue weighted by molar-refractivity contribution is -0.145. The molecule has 1 aromatic carbocycles. The Morgan fingerprint density at radius 1 is 1.20 bits per heavy atom. The zero-order valence-corrected chi connectivity index (χ0v) is 17.5. The van der Waals surface area contributed by atoms with Crippen LogP contribution in [-0.4, -0.2) is 34.7 Å². The molecule has 162 valence electrons. The number of esters is 1. The van der Waals surface area contributed by atoms with Gasteiger partial charge in [0.25, 0.3) is 5.56 Å². The number of benzene rings is 1. The van der Waals surface area contributed by atoms with Crippen molar-refractivity contribution in [3.63, 3.8) is 0 Å². The van der Waals surface area contributed by atoms with Gasteiger partial charge in [0.05, 0.1) is 12.6 Å². The standard InChI is InChI=1S/C21H28N4O5/c1-15(30-16(2)27)9-7-8-12-24-20(28)18(23(3)14-26)19(22)25(21(24)29)13-17-10-5-4-6-11-17/h4-6,10-11,14-15H,7-9,12-13,22H2,1-3H3/t15-/m1/s1. The van der Waals surface area contributed by atoms with Gasteiger partial charge in [-0.05, 0) is 31.7 Å². The van der Waals surface area contributed by atoms with E-state index in [0.717, 1.165) is 15.0 Å². The average molecular weight is 416 g/mol. The second-order valence-electron chi connectivity index (χ2n) is 7.18. The molecule has 0 unspecified atom stereocenters.